The fourth-order valence-electron chi connectivity index (χ4n) is 2.18. The van der Waals surface area contributed by atoms with Gasteiger partial charge in [0, 0.05) is 12.8 Å². The average molecular weight is 272 g/mol. The van der Waals surface area contributed by atoms with Crippen molar-refractivity contribution in [3.8, 4) is 0 Å². The van der Waals surface area contributed by atoms with Crippen LogP contribution in [-0.2, 0) is 4.74 Å². The second-order valence-corrected chi connectivity index (χ2v) is 4.89. The minimum atomic E-state index is -0.598. The van der Waals surface area contributed by atoms with Crippen molar-refractivity contribution in [3.63, 3.8) is 0 Å². The first-order chi connectivity index (χ1) is 9.67. The van der Waals surface area contributed by atoms with Crippen LogP contribution in [0, 0.1) is 0 Å². The number of aliphatic hydroxyl groups excluding tert-OH is 2. The van der Waals surface area contributed by atoms with Gasteiger partial charge in [0.1, 0.15) is 12.4 Å². The zero-order valence-electron chi connectivity index (χ0n) is 11.5. The van der Waals surface area contributed by atoms with Crippen molar-refractivity contribution in [2.75, 3.05) is 6.61 Å². The highest BCUT2D eigenvalue weighted by Crippen LogP contribution is 2.22. The topological polar surface area (TPSA) is 49.7 Å². The van der Waals surface area contributed by atoms with E-state index in [1.165, 1.54) is 11.6 Å². The highest BCUT2D eigenvalue weighted by molar-refractivity contribution is 5.37. The molecule has 0 fully saturated rings. The lowest BCUT2D eigenvalue weighted by Crippen LogP contribution is -2.08. The lowest BCUT2D eigenvalue weighted by Gasteiger charge is -2.14. The highest BCUT2D eigenvalue weighted by Gasteiger charge is 2.10. The largest absolute Gasteiger partial charge is 0.508 e. The van der Waals surface area contributed by atoms with Crippen LogP contribution >= 0.6 is 0 Å². The van der Waals surface area contributed by atoms with Crippen LogP contribution in [0.1, 0.15) is 19.3 Å². The molecule has 0 saturated carbocycles. The molecule has 0 spiro atoms. The fraction of sp³-hybridized carbons (Fsp3) is 0.294. The molecule has 20 heavy (non-hydrogen) atoms. The molecule has 2 N–H and O–H groups in total. The molecule has 0 aliphatic heterocycles. The average Bonchev–Trinajstić information content (AvgIpc) is 2.43. The van der Waals surface area contributed by atoms with E-state index < -0.39 is 6.10 Å². The van der Waals surface area contributed by atoms with Crippen LogP contribution in [0.4, 0.5) is 0 Å². The third kappa shape index (κ3) is 4.28. The number of hydrogen-bond acceptors (Lipinski definition) is 3. The normalized spacial score (nSPS) is 22.8. The van der Waals surface area contributed by atoms with E-state index >= 15 is 0 Å². The number of rotatable bonds is 5. The SMILES string of the molecule is C=CCOC1=CC=C(/C=C/C2=CC(O)=CC(O)C2)CC1. The van der Waals surface area contributed by atoms with Crippen LogP contribution in [-0.4, -0.2) is 22.9 Å². The summed E-state index contributed by atoms with van der Waals surface area (Å²) < 4.78 is 5.49. The van der Waals surface area contributed by atoms with Gasteiger partial charge in [0.25, 0.3) is 0 Å². The van der Waals surface area contributed by atoms with Crippen LogP contribution in [0.2, 0.25) is 0 Å². The Kier molecular flexibility index (Phi) is 5.02. The summed E-state index contributed by atoms with van der Waals surface area (Å²) in [5, 5.41) is 19.0. The molecule has 2 aliphatic rings. The Morgan fingerprint density at radius 2 is 2.05 bits per heavy atom. The van der Waals surface area contributed by atoms with Gasteiger partial charge >= 0.3 is 0 Å². The molecule has 0 aromatic carbocycles. The molecule has 0 radical (unpaired) electrons. The van der Waals surface area contributed by atoms with E-state index in [0.717, 1.165) is 24.2 Å². The molecule has 2 aliphatic carbocycles. The van der Waals surface area contributed by atoms with Crippen LogP contribution in [0.15, 0.2) is 71.8 Å². The van der Waals surface area contributed by atoms with E-state index in [9.17, 15) is 10.2 Å². The van der Waals surface area contributed by atoms with Crippen molar-refractivity contribution >= 4 is 0 Å². The maximum absolute atomic E-state index is 9.54. The van der Waals surface area contributed by atoms with Gasteiger partial charge in [-0.05, 0) is 35.8 Å². The van der Waals surface area contributed by atoms with Crippen LogP contribution in [0.5, 0.6) is 0 Å². The van der Waals surface area contributed by atoms with Crippen molar-refractivity contribution in [2.45, 2.75) is 25.4 Å². The first kappa shape index (κ1) is 14.4. The standard InChI is InChI=1S/C17H20O3/c1-2-9-20-17-7-5-13(6-8-17)3-4-14-10-15(18)12-16(19)11-14/h2-5,7,10,12,16,18-19H,1,6,8-9,11H2/b4-3+. The molecule has 1 atom stereocenters. The number of allylic oxidation sites excluding steroid dienone is 7. The maximum Gasteiger partial charge on any atom is 0.114 e. The summed E-state index contributed by atoms with van der Waals surface area (Å²) in [7, 11) is 0. The zero-order valence-corrected chi connectivity index (χ0v) is 11.5. The van der Waals surface area contributed by atoms with Gasteiger partial charge in [-0.3, -0.25) is 0 Å². The Balaban J connectivity index is 1.96. The van der Waals surface area contributed by atoms with Gasteiger partial charge in [-0.1, -0.05) is 30.9 Å². The molecule has 1 unspecified atom stereocenters. The molecule has 0 heterocycles. The van der Waals surface area contributed by atoms with Crippen molar-refractivity contribution in [1.29, 1.82) is 0 Å². The molecule has 0 aromatic heterocycles. The zero-order chi connectivity index (χ0) is 14.4. The van der Waals surface area contributed by atoms with Gasteiger partial charge in [-0.2, -0.15) is 0 Å². The van der Waals surface area contributed by atoms with E-state index in [1.807, 2.05) is 24.3 Å². The second-order valence-electron chi connectivity index (χ2n) is 4.89. The molecule has 106 valence electrons. The summed E-state index contributed by atoms with van der Waals surface area (Å²) in [6, 6.07) is 0. The predicted octanol–water partition coefficient (Wildman–Crippen LogP) is 3.48. The van der Waals surface area contributed by atoms with Gasteiger partial charge in [-0.15, -0.1) is 0 Å². The quantitative estimate of drug-likeness (QED) is 0.753. The molecule has 0 saturated heterocycles. The molecule has 3 nitrogen and oxygen atoms in total. The third-order valence-corrected chi connectivity index (χ3v) is 3.18. The Morgan fingerprint density at radius 3 is 2.70 bits per heavy atom. The Bertz CT molecular complexity index is 518. The Labute approximate surface area is 119 Å². The smallest absolute Gasteiger partial charge is 0.114 e. The van der Waals surface area contributed by atoms with Crippen LogP contribution in [0.3, 0.4) is 0 Å². The minimum Gasteiger partial charge on any atom is -0.508 e. The van der Waals surface area contributed by atoms with Gasteiger partial charge in [0.15, 0.2) is 0 Å². The summed E-state index contributed by atoms with van der Waals surface area (Å²) in [4.78, 5) is 0. The molecule has 2 rings (SSSR count). The summed E-state index contributed by atoms with van der Waals surface area (Å²) in [6.45, 7) is 4.17. The van der Waals surface area contributed by atoms with E-state index in [-0.39, 0.29) is 5.76 Å². The maximum atomic E-state index is 9.54. The number of aliphatic hydroxyl groups is 2. The molecule has 3 heteroatoms. The fourth-order valence-corrected chi connectivity index (χ4v) is 2.18. The lowest BCUT2D eigenvalue weighted by molar-refractivity contribution is 0.216. The van der Waals surface area contributed by atoms with Crippen molar-refractivity contribution in [3.05, 3.63) is 71.8 Å². The van der Waals surface area contributed by atoms with E-state index in [0.29, 0.717) is 13.0 Å². The molecule has 0 amide bonds. The Morgan fingerprint density at radius 1 is 1.25 bits per heavy atom. The molecule has 0 aromatic rings. The van der Waals surface area contributed by atoms with Gasteiger partial charge < -0.3 is 14.9 Å². The van der Waals surface area contributed by atoms with Gasteiger partial charge in [-0.25, -0.2) is 0 Å². The van der Waals surface area contributed by atoms with Gasteiger partial charge in [0.05, 0.1) is 11.9 Å². The van der Waals surface area contributed by atoms with E-state index in [4.69, 9.17) is 4.74 Å². The van der Waals surface area contributed by atoms with Crippen molar-refractivity contribution < 1.29 is 14.9 Å². The third-order valence-electron chi connectivity index (χ3n) is 3.18. The number of hydrogen-bond donors (Lipinski definition) is 2. The van der Waals surface area contributed by atoms with Crippen molar-refractivity contribution in [2.24, 2.45) is 0 Å². The molecule has 0 bridgehead atoms. The highest BCUT2D eigenvalue weighted by atomic mass is 16.5. The van der Waals surface area contributed by atoms with Crippen LogP contribution in [0.25, 0.3) is 0 Å². The Hall–Kier alpha value is -2.00. The lowest BCUT2D eigenvalue weighted by atomic mass is 9.98. The van der Waals surface area contributed by atoms with E-state index in [2.05, 4.69) is 6.58 Å². The van der Waals surface area contributed by atoms with E-state index in [1.54, 1.807) is 12.2 Å². The minimum absolute atomic E-state index is 0.126. The first-order valence-corrected chi connectivity index (χ1v) is 6.78. The predicted molar refractivity (Wildman–Crippen MR) is 80.1 cm³/mol. The van der Waals surface area contributed by atoms with Gasteiger partial charge in [0.2, 0.25) is 0 Å². The summed E-state index contributed by atoms with van der Waals surface area (Å²) >= 11 is 0. The van der Waals surface area contributed by atoms with Crippen LogP contribution < -0.4 is 0 Å². The summed E-state index contributed by atoms with van der Waals surface area (Å²) in [5.74, 6) is 1.11. The number of ether oxygens (including phenoxy) is 1. The molecular formula is C17H20O3. The second kappa shape index (κ2) is 6.96. The summed E-state index contributed by atoms with van der Waals surface area (Å²) in [6.07, 6.45) is 14.6. The molecular weight excluding hydrogens is 252 g/mol. The first-order valence-electron chi connectivity index (χ1n) is 6.78. The summed E-state index contributed by atoms with van der Waals surface area (Å²) in [5.41, 5.74) is 2.14. The monoisotopic (exact) mass is 272 g/mol. The van der Waals surface area contributed by atoms with Crippen molar-refractivity contribution in [1.82, 2.24) is 0 Å².